The van der Waals surface area contributed by atoms with Crippen molar-refractivity contribution in [3.8, 4) is 33.4 Å². The van der Waals surface area contributed by atoms with Crippen LogP contribution in [0.15, 0.2) is 253 Å². The Bertz CT molecular complexity index is 3730. The molecule has 1 heterocycles. The van der Waals surface area contributed by atoms with E-state index in [1.807, 2.05) is 0 Å². The van der Waals surface area contributed by atoms with Crippen LogP contribution in [0.5, 0.6) is 0 Å². The Labute approximate surface area is 377 Å². The SMILES string of the molecule is c1ccc(-c2cccc(N(c3ccc4c(c3)C(c3ccccc3)(c3ccccc3)c3ccccc3-4)c3cc4c(oc5cccc(-c6cccc7ccccc67)c54)c4ccccc34)c2)cc1. The number of furan rings is 1. The van der Waals surface area contributed by atoms with Crippen LogP contribution in [-0.4, -0.2) is 0 Å². The van der Waals surface area contributed by atoms with Gasteiger partial charge in [0.15, 0.2) is 0 Å². The molecule has 0 radical (unpaired) electrons. The molecule has 0 saturated carbocycles. The lowest BCUT2D eigenvalue weighted by Gasteiger charge is -2.35. The molecule has 65 heavy (non-hydrogen) atoms. The largest absolute Gasteiger partial charge is 0.455 e. The number of rotatable bonds is 7. The first-order chi connectivity index (χ1) is 32.3. The van der Waals surface area contributed by atoms with E-state index < -0.39 is 5.41 Å². The number of hydrogen-bond acceptors (Lipinski definition) is 2. The number of hydrogen-bond donors (Lipinski definition) is 0. The van der Waals surface area contributed by atoms with Crippen LogP contribution in [0.25, 0.3) is 76.9 Å². The molecule has 0 amide bonds. The fourth-order valence-electron chi connectivity index (χ4n) is 11.0. The topological polar surface area (TPSA) is 16.4 Å². The Morgan fingerprint density at radius 1 is 0.338 bits per heavy atom. The summed E-state index contributed by atoms with van der Waals surface area (Å²) < 4.78 is 6.97. The van der Waals surface area contributed by atoms with Gasteiger partial charge in [0, 0.05) is 32.9 Å². The summed E-state index contributed by atoms with van der Waals surface area (Å²) in [5, 5.41) is 6.80. The summed E-state index contributed by atoms with van der Waals surface area (Å²) in [4.78, 5) is 2.48. The van der Waals surface area contributed by atoms with Crippen LogP contribution in [0.4, 0.5) is 17.1 Å². The molecule has 13 rings (SSSR count). The van der Waals surface area contributed by atoms with Crippen molar-refractivity contribution in [2.45, 2.75) is 5.41 Å². The van der Waals surface area contributed by atoms with Gasteiger partial charge in [0.05, 0.1) is 11.1 Å². The first-order valence-corrected chi connectivity index (χ1v) is 22.4. The molecule has 0 spiro atoms. The molecule has 12 aromatic rings. The fraction of sp³-hybridized carbons (Fsp3) is 0.0159. The van der Waals surface area contributed by atoms with E-state index in [-0.39, 0.29) is 0 Å². The highest BCUT2D eigenvalue weighted by atomic mass is 16.3. The second kappa shape index (κ2) is 14.8. The first-order valence-electron chi connectivity index (χ1n) is 22.4. The van der Waals surface area contributed by atoms with Crippen molar-refractivity contribution in [3.63, 3.8) is 0 Å². The average molecular weight is 828 g/mol. The smallest absolute Gasteiger partial charge is 0.143 e. The Kier molecular flexibility index (Phi) is 8.47. The molecule has 0 saturated heterocycles. The first kappa shape index (κ1) is 37.1. The monoisotopic (exact) mass is 827 g/mol. The van der Waals surface area contributed by atoms with E-state index in [2.05, 4.69) is 254 Å². The van der Waals surface area contributed by atoms with Gasteiger partial charge < -0.3 is 9.32 Å². The molecule has 0 bridgehead atoms. The van der Waals surface area contributed by atoms with Crippen molar-refractivity contribution in [1.29, 1.82) is 0 Å². The average Bonchev–Trinajstić information content (AvgIpc) is 3.91. The lowest BCUT2D eigenvalue weighted by Crippen LogP contribution is -2.28. The minimum atomic E-state index is -0.553. The van der Waals surface area contributed by atoms with E-state index in [0.717, 1.165) is 60.9 Å². The predicted molar refractivity (Wildman–Crippen MR) is 272 cm³/mol. The Balaban J connectivity index is 1.13. The van der Waals surface area contributed by atoms with Gasteiger partial charge in [-0.3, -0.25) is 0 Å². The van der Waals surface area contributed by atoms with Crippen LogP contribution >= 0.6 is 0 Å². The molecule has 1 aliphatic carbocycles. The van der Waals surface area contributed by atoms with Crippen LogP contribution in [0.1, 0.15) is 22.3 Å². The second-order valence-corrected chi connectivity index (χ2v) is 17.1. The molecule has 0 aliphatic heterocycles. The summed E-state index contributed by atoms with van der Waals surface area (Å²) in [7, 11) is 0. The lowest BCUT2D eigenvalue weighted by atomic mass is 9.67. The number of nitrogens with zero attached hydrogens (tertiary/aromatic N) is 1. The summed E-state index contributed by atoms with van der Waals surface area (Å²) in [5.74, 6) is 0. The van der Waals surface area contributed by atoms with E-state index >= 15 is 0 Å². The summed E-state index contributed by atoms with van der Waals surface area (Å²) in [6, 6.07) is 90.9. The molecule has 0 fully saturated rings. The third-order valence-electron chi connectivity index (χ3n) is 13.7. The number of anilines is 3. The van der Waals surface area contributed by atoms with E-state index in [9.17, 15) is 0 Å². The predicted octanol–water partition coefficient (Wildman–Crippen LogP) is 17.1. The van der Waals surface area contributed by atoms with Crippen LogP contribution in [0.3, 0.4) is 0 Å². The third-order valence-corrected chi connectivity index (χ3v) is 13.7. The van der Waals surface area contributed by atoms with Gasteiger partial charge in [-0.2, -0.15) is 0 Å². The molecule has 2 nitrogen and oxygen atoms in total. The molecule has 304 valence electrons. The van der Waals surface area contributed by atoms with Gasteiger partial charge in [-0.25, -0.2) is 0 Å². The minimum Gasteiger partial charge on any atom is -0.455 e. The minimum absolute atomic E-state index is 0.553. The van der Waals surface area contributed by atoms with Gasteiger partial charge in [-0.05, 0) is 103 Å². The molecule has 1 aliphatic rings. The van der Waals surface area contributed by atoms with Gasteiger partial charge in [-0.1, -0.05) is 212 Å². The van der Waals surface area contributed by atoms with E-state index in [1.165, 1.54) is 55.3 Å². The lowest BCUT2D eigenvalue weighted by molar-refractivity contribution is 0.673. The van der Waals surface area contributed by atoms with Crippen molar-refractivity contribution < 1.29 is 4.42 Å². The number of fused-ring (bicyclic) bond motifs is 9. The zero-order chi connectivity index (χ0) is 42.9. The van der Waals surface area contributed by atoms with E-state index in [4.69, 9.17) is 4.42 Å². The highest BCUT2D eigenvalue weighted by molar-refractivity contribution is 6.23. The molecular formula is C63H41NO. The second-order valence-electron chi connectivity index (χ2n) is 17.1. The molecule has 0 N–H and O–H groups in total. The van der Waals surface area contributed by atoms with Gasteiger partial charge in [0.1, 0.15) is 11.2 Å². The maximum atomic E-state index is 6.97. The van der Waals surface area contributed by atoms with Gasteiger partial charge >= 0.3 is 0 Å². The molecule has 0 unspecified atom stereocenters. The zero-order valence-electron chi connectivity index (χ0n) is 35.5. The zero-order valence-corrected chi connectivity index (χ0v) is 35.5. The quantitative estimate of drug-likeness (QED) is 0.159. The Morgan fingerprint density at radius 2 is 0.908 bits per heavy atom. The van der Waals surface area contributed by atoms with Crippen LogP contribution in [0, 0.1) is 0 Å². The van der Waals surface area contributed by atoms with Crippen molar-refractivity contribution in [1.82, 2.24) is 0 Å². The highest BCUT2D eigenvalue weighted by Crippen LogP contribution is 2.58. The van der Waals surface area contributed by atoms with Crippen LogP contribution < -0.4 is 4.90 Å². The highest BCUT2D eigenvalue weighted by Gasteiger charge is 2.46. The van der Waals surface area contributed by atoms with Gasteiger partial charge in [0.2, 0.25) is 0 Å². The molecule has 0 atom stereocenters. The van der Waals surface area contributed by atoms with Gasteiger partial charge in [-0.15, -0.1) is 0 Å². The van der Waals surface area contributed by atoms with Crippen molar-refractivity contribution in [3.05, 3.63) is 271 Å². The normalized spacial score (nSPS) is 12.7. The van der Waals surface area contributed by atoms with Crippen LogP contribution in [-0.2, 0) is 5.41 Å². The summed E-state index contributed by atoms with van der Waals surface area (Å²) in [6.07, 6.45) is 0. The van der Waals surface area contributed by atoms with Crippen molar-refractivity contribution >= 4 is 60.5 Å². The fourth-order valence-corrected chi connectivity index (χ4v) is 11.0. The molecule has 2 heteroatoms. The van der Waals surface area contributed by atoms with Gasteiger partial charge in [0.25, 0.3) is 0 Å². The Morgan fingerprint density at radius 3 is 1.71 bits per heavy atom. The maximum absolute atomic E-state index is 6.97. The summed E-state index contributed by atoms with van der Waals surface area (Å²) in [6.45, 7) is 0. The maximum Gasteiger partial charge on any atom is 0.143 e. The van der Waals surface area contributed by atoms with Crippen molar-refractivity contribution in [2.24, 2.45) is 0 Å². The molecule has 11 aromatic carbocycles. The summed E-state index contributed by atoms with van der Waals surface area (Å²) >= 11 is 0. The van der Waals surface area contributed by atoms with Crippen molar-refractivity contribution in [2.75, 3.05) is 4.90 Å². The Hall–Kier alpha value is -8.46. The van der Waals surface area contributed by atoms with E-state index in [0.29, 0.717) is 0 Å². The van der Waals surface area contributed by atoms with E-state index in [1.54, 1.807) is 0 Å². The molecular weight excluding hydrogens is 787 g/mol. The summed E-state index contributed by atoms with van der Waals surface area (Å²) in [5.41, 5.74) is 16.6. The number of benzene rings is 11. The van der Waals surface area contributed by atoms with Crippen LogP contribution in [0.2, 0.25) is 0 Å². The molecule has 1 aromatic heterocycles. The standard InChI is InChI=1S/C63H41NO/c1-4-19-42(20-5-1)44-23-16-28-47(39-44)64(48-37-38-52-51-30-14-15-35-57(51)63(58(52)40-48,45-24-6-2-7-25-45)46-26-8-3-9-27-46)59-41-56-61-54(50-33-17-22-43-21-10-11-29-49(43)50)34-18-36-60(61)65-62(56)55-32-13-12-31-53(55)59/h1-41H. The third kappa shape index (κ3) is 5.67.